The first-order chi connectivity index (χ1) is 12.2. The van der Waals surface area contributed by atoms with Crippen LogP contribution in [0.25, 0.3) is 0 Å². The summed E-state index contributed by atoms with van der Waals surface area (Å²) in [5, 5.41) is 16.6. The largest absolute Gasteiger partial charge is 0.480 e. The summed E-state index contributed by atoms with van der Waals surface area (Å²) in [5.74, 6) is -2.26. The third-order valence-corrected chi connectivity index (χ3v) is 3.48. The average Bonchev–Trinajstić information content (AvgIpc) is 2.58. The maximum Gasteiger partial charge on any atom is 0.326 e. The second-order valence-electron chi connectivity index (χ2n) is 6.25. The van der Waals surface area contributed by atoms with Gasteiger partial charge in [-0.2, -0.15) is 0 Å². The van der Waals surface area contributed by atoms with Crippen molar-refractivity contribution in [3.05, 3.63) is 29.8 Å². The lowest BCUT2D eigenvalue weighted by atomic mass is 10.0. The molecule has 26 heavy (non-hydrogen) atoms. The zero-order valence-corrected chi connectivity index (χ0v) is 15.2. The van der Waals surface area contributed by atoms with Crippen molar-refractivity contribution in [1.29, 1.82) is 0 Å². The molecule has 1 rings (SSSR count). The highest BCUT2D eigenvalue weighted by Gasteiger charge is 2.21. The monoisotopic (exact) mass is 363 g/mol. The predicted octanol–water partition coefficient (Wildman–Crippen LogP) is 1.38. The van der Waals surface area contributed by atoms with Crippen LogP contribution >= 0.6 is 0 Å². The topological polar surface area (TPSA) is 125 Å². The molecule has 4 N–H and O–H groups in total. The Morgan fingerprint density at radius 1 is 1.12 bits per heavy atom. The fourth-order valence-corrected chi connectivity index (χ4v) is 2.19. The summed E-state index contributed by atoms with van der Waals surface area (Å²) in [6.45, 7) is 5.09. The van der Waals surface area contributed by atoms with Crippen LogP contribution in [-0.4, -0.2) is 41.4 Å². The molecule has 0 fully saturated rings. The van der Waals surface area contributed by atoms with Crippen molar-refractivity contribution < 1.29 is 24.3 Å². The smallest absolute Gasteiger partial charge is 0.326 e. The van der Waals surface area contributed by atoms with E-state index >= 15 is 0 Å². The van der Waals surface area contributed by atoms with Crippen molar-refractivity contribution in [2.75, 3.05) is 11.9 Å². The standard InChI is InChI=1S/C18H25N3O5/c1-4-15(22)20-13-7-5-6-12(9-13)17(24)19-10-16(23)21-14(18(25)26)8-11(2)3/h5-7,9,11,14H,4,8,10H2,1-3H3,(H,19,24)(H,20,22)(H,21,23)(H,25,26)/t14-/m0/s1. The number of anilines is 1. The van der Waals surface area contributed by atoms with Gasteiger partial charge in [-0.05, 0) is 30.5 Å². The fraction of sp³-hybridized carbons (Fsp3) is 0.444. The van der Waals surface area contributed by atoms with Crippen LogP contribution in [-0.2, 0) is 14.4 Å². The average molecular weight is 363 g/mol. The Kier molecular flexibility index (Phi) is 8.27. The lowest BCUT2D eigenvalue weighted by Crippen LogP contribution is -2.46. The molecule has 3 amide bonds. The SMILES string of the molecule is CCC(=O)Nc1cccc(C(=O)NCC(=O)N[C@@H](CC(C)C)C(=O)O)c1. The van der Waals surface area contributed by atoms with Crippen molar-refractivity contribution >= 4 is 29.4 Å². The normalized spacial score (nSPS) is 11.5. The Hall–Kier alpha value is -2.90. The zero-order chi connectivity index (χ0) is 19.7. The summed E-state index contributed by atoms with van der Waals surface area (Å²) >= 11 is 0. The lowest BCUT2D eigenvalue weighted by molar-refractivity contribution is -0.142. The van der Waals surface area contributed by atoms with Crippen molar-refractivity contribution in [3.63, 3.8) is 0 Å². The minimum Gasteiger partial charge on any atom is -0.480 e. The van der Waals surface area contributed by atoms with Crippen molar-refractivity contribution in [2.45, 2.75) is 39.7 Å². The van der Waals surface area contributed by atoms with Gasteiger partial charge >= 0.3 is 5.97 Å². The molecule has 0 aliphatic heterocycles. The first-order valence-electron chi connectivity index (χ1n) is 8.43. The first-order valence-corrected chi connectivity index (χ1v) is 8.43. The molecule has 0 bridgehead atoms. The van der Waals surface area contributed by atoms with Gasteiger partial charge in [-0.25, -0.2) is 4.79 Å². The molecule has 0 radical (unpaired) electrons. The van der Waals surface area contributed by atoms with Gasteiger partial charge in [0.1, 0.15) is 6.04 Å². The molecular formula is C18H25N3O5. The predicted molar refractivity (Wildman–Crippen MR) is 96.7 cm³/mol. The van der Waals surface area contributed by atoms with Gasteiger partial charge in [0, 0.05) is 17.7 Å². The number of nitrogens with one attached hydrogen (secondary N) is 3. The van der Waals surface area contributed by atoms with E-state index in [1.807, 2.05) is 13.8 Å². The van der Waals surface area contributed by atoms with Crippen molar-refractivity contribution in [2.24, 2.45) is 5.92 Å². The van der Waals surface area contributed by atoms with Gasteiger partial charge in [0.05, 0.1) is 6.54 Å². The van der Waals surface area contributed by atoms with Gasteiger partial charge in [-0.15, -0.1) is 0 Å². The second kappa shape index (κ2) is 10.2. The molecule has 0 aliphatic rings. The number of rotatable bonds is 9. The van der Waals surface area contributed by atoms with E-state index in [9.17, 15) is 19.2 Å². The van der Waals surface area contributed by atoms with Crippen LogP contribution in [0.15, 0.2) is 24.3 Å². The fourth-order valence-electron chi connectivity index (χ4n) is 2.19. The molecule has 0 heterocycles. The summed E-state index contributed by atoms with van der Waals surface area (Å²) in [6.07, 6.45) is 0.617. The molecule has 0 aliphatic carbocycles. The molecule has 0 spiro atoms. The number of amides is 3. The Bertz CT molecular complexity index is 673. The molecule has 8 nitrogen and oxygen atoms in total. The number of aliphatic carboxylic acids is 1. The highest BCUT2D eigenvalue weighted by Crippen LogP contribution is 2.11. The van der Waals surface area contributed by atoms with E-state index in [0.29, 0.717) is 18.5 Å². The molecule has 0 saturated carbocycles. The maximum atomic E-state index is 12.1. The van der Waals surface area contributed by atoms with E-state index in [4.69, 9.17) is 5.11 Å². The Labute approximate surface area is 152 Å². The van der Waals surface area contributed by atoms with Gasteiger partial charge in [-0.3, -0.25) is 14.4 Å². The Morgan fingerprint density at radius 2 is 1.81 bits per heavy atom. The van der Waals surface area contributed by atoms with E-state index in [1.165, 1.54) is 6.07 Å². The molecule has 0 aromatic heterocycles. The minimum absolute atomic E-state index is 0.104. The van der Waals surface area contributed by atoms with Crippen LogP contribution in [0.1, 0.15) is 44.0 Å². The van der Waals surface area contributed by atoms with E-state index in [1.54, 1.807) is 25.1 Å². The van der Waals surface area contributed by atoms with E-state index in [0.717, 1.165) is 0 Å². The number of carbonyl (C=O) groups excluding carboxylic acids is 3. The van der Waals surface area contributed by atoms with Crippen LogP contribution in [0.4, 0.5) is 5.69 Å². The second-order valence-corrected chi connectivity index (χ2v) is 6.25. The van der Waals surface area contributed by atoms with E-state index in [-0.39, 0.29) is 23.9 Å². The van der Waals surface area contributed by atoms with Crippen molar-refractivity contribution in [1.82, 2.24) is 10.6 Å². The van der Waals surface area contributed by atoms with E-state index in [2.05, 4.69) is 16.0 Å². The number of carboxylic acid groups (broad SMARTS) is 1. The summed E-state index contributed by atoms with van der Waals surface area (Å²) < 4.78 is 0. The molecule has 1 atom stereocenters. The minimum atomic E-state index is -1.11. The molecule has 0 saturated heterocycles. The number of carbonyl (C=O) groups is 4. The zero-order valence-electron chi connectivity index (χ0n) is 15.2. The van der Waals surface area contributed by atoms with Crippen LogP contribution in [0, 0.1) is 5.92 Å². The summed E-state index contributed by atoms with van der Waals surface area (Å²) in [7, 11) is 0. The molecule has 1 aromatic carbocycles. The summed E-state index contributed by atoms with van der Waals surface area (Å²) in [5.41, 5.74) is 0.764. The summed E-state index contributed by atoms with van der Waals surface area (Å²) in [6, 6.07) is 5.32. The highest BCUT2D eigenvalue weighted by molar-refractivity contribution is 5.98. The van der Waals surface area contributed by atoms with E-state index < -0.39 is 23.8 Å². The van der Waals surface area contributed by atoms with Crippen LogP contribution in [0.2, 0.25) is 0 Å². The molecular weight excluding hydrogens is 338 g/mol. The van der Waals surface area contributed by atoms with Crippen LogP contribution in [0.5, 0.6) is 0 Å². The third-order valence-electron chi connectivity index (χ3n) is 3.48. The summed E-state index contributed by atoms with van der Waals surface area (Å²) in [4.78, 5) is 46.6. The highest BCUT2D eigenvalue weighted by atomic mass is 16.4. The Balaban J connectivity index is 2.60. The van der Waals surface area contributed by atoms with Gasteiger partial charge < -0.3 is 21.1 Å². The van der Waals surface area contributed by atoms with Crippen LogP contribution in [0.3, 0.4) is 0 Å². The number of hydrogen-bond donors (Lipinski definition) is 4. The van der Waals surface area contributed by atoms with Crippen LogP contribution < -0.4 is 16.0 Å². The van der Waals surface area contributed by atoms with Gasteiger partial charge in [0.15, 0.2) is 0 Å². The molecule has 8 heteroatoms. The number of carboxylic acids is 1. The first kappa shape index (κ1) is 21.1. The number of benzene rings is 1. The van der Waals surface area contributed by atoms with Gasteiger partial charge in [0.2, 0.25) is 11.8 Å². The van der Waals surface area contributed by atoms with Gasteiger partial charge in [-0.1, -0.05) is 26.8 Å². The number of hydrogen-bond acceptors (Lipinski definition) is 4. The molecule has 142 valence electrons. The van der Waals surface area contributed by atoms with Crippen molar-refractivity contribution in [3.8, 4) is 0 Å². The Morgan fingerprint density at radius 3 is 2.38 bits per heavy atom. The quantitative estimate of drug-likeness (QED) is 0.527. The molecule has 0 unspecified atom stereocenters. The molecule has 1 aromatic rings. The maximum absolute atomic E-state index is 12.1. The van der Waals surface area contributed by atoms with Gasteiger partial charge in [0.25, 0.3) is 5.91 Å². The third kappa shape index (κ3) is 7.33. The lowest BCUT2D eigenvalue weighted by Gasteiger charge is -2.16.